The molecule has 6 N–H and O–H groups in total. The Hall–Kier alpha value is -2.80. The van der Waals surface area contributed by atoms with Crippen LogP contribution in [-0.4, -0.2) is 26.5 Å². The summed E-state index contributed by atoms with van der Waals surface area (Å²) in [6.07, 6.45) is 5.79. The quantitative estimate of drug-likeness (QED) is 0.227. The molecule has 8 nitrogen and oxygen atoms in total. The zero-order chi connectivity index (χ0) is 18.4. The van der Waals surface area contributed by atoms with Crippen LogP contribution in [0.5, 0.6) is 0 Å². The van der Waals surface area contributed by atoms with Crippen LogP contribution < -0.4 is 11.1 Å². The Balaban J connectivity index is 2.18. The molecule has 2 aromatic rings. The fraction of sp³-hybridized carbons (Fsp3) is 0.0625. The molecule has 1 aromatic heterocycles. The van der Waals surface area contributed by atoms with Gasteiger partial charge in [0, 0.05) is 24.0 Å². The standard InChI is InChI=1S/C16H17N4O4P/c17-15(18)12-4-6-13(7-5-12)16(25(22,23)24)20-14(21)8-3-11-2-1-9-19-10-11/h1-10,16H,(H3,17,18)(H,20,21)(H2,22,23,24)/b8-3+. The molecule has 130 valence electrons. The smallest absolute Gasteiger partial charge is 0.352 e. The number of nitrogens with zero attached hydrogens (tertiary/aromatic N) is 1. The summed E-state index contributed by atoms with van der Waals surface area (Å²) >= 11 is 0. The molecule has 1 amide bonds. The van der Waals surface area contributed by atoms with Gasteiger partial charge >= 0.3 is 7.60 Å². The number of nitrogen functional groups attached to an aromatic ring is 1. The molecule has 1 unspecified atom stereocenters. The zero-order valence-corrected chi connectivity index (χ0v) is 13.9. The summed E-state index contributed by atoms with van der Waals surface area (Å²) in [4.78, 5) is 35.0. The zero-order valence-electron chi connectivity index (χ0n) is 13.0. The molecule has 0 saturated heterocycles. The van der Waals surface area contributed by atoms with E-state index in [1.165, 1.54) is 36.4 Å². The van der Waals surface area contributed by atoms with E-state index < -0.39 is 19.3 Å². The molecule has 1 atom stereocenters. The van der Waals surface area contributed by atoms with Crippen molar-refractivity contribution >= 4 is 25.4 Å². The van der Waals surface area contributed by atoms with Gasteiger partial charge in [0.25, 0.3) is 0 Å². The van der Waals surface area contributed by atoms with Crippen LogP contribution in [0.25, 0.3) is 6.08 Å². The Kier molecular flexibility index (Phi) is 5.82. The van der Waals surface area contributed by atoms with Gasteiger partial charge in [0.15, 0.2) is 5.78 Å². The van der Waals surface area contributed by atoms with Crippen molar-refractivity contribution in [1.29, 1.82) is 5.41 Å². The normalized spacial score (nSPS) is 12.7. The third-order valence-corrected chi connectivity index (χ3v) is 4.36. The number of rotatable bonds is 6. The summed E-state index contributed by atoms with van der Waals surface area (Å²) in [5, 5.41) is 9.62. The molecule has 1 heterocycles. The molecule has 0 aliphatic carbocycles. The topological polar surface area (TPSA) is 149 Å². The van der Waals surface area contributed by atoms with Crippen molar-refractivity contribution in [3.8, 4) is 0 Å². The summed E-state index contributed by atoms with van der Waals surface area (Å²) in [5.41, 5.74) is 6.65. The van der Waals surface area contributed by atoms with Gasteiger partial charge in [0.05, 0.1) is 0 Å². The minimum absolute atomic E-state index is 0.164. The van der Waals surface area contributed by atoms with Crippen molar-refractivity contribution in [2.24, 2.45) is 5.73 Å². The van der Waals surface area contributed by atoms with Gasteiger partial charge in [-0.25, -0.2) is 0 Å². The number of amidine groups is 1. The predicted molar refractivity (Wildman–Crippen MR) is 93.7 cm³/mol. The highest BCUT2D eigenvalue weighted by molar-refractivity contribution is 7.52. The Morgan fingerprint density at radius 3 is 2.48 bits per heavy atom. The number of amides is 1. The van der Waals surface area contributed by atoms with Crippen molar-refractivity contribution in [3.63, 3.8) is 0 Å². The van der Waals surface area contributed by atoms with E-state index in [-0.39, 0.29) is 11.4 Å². The summed E-state index contributed by atoms with van der Waals surface area (Å²) in [5.74, 6) is -2.32. The number of nitrogens with two attached hydrogens (primary N) is 1. The van der Waals surface area contributed by atoms with Gasteiger partial charge in [-0.15, -0.1) is 0 Å². The molecule has 0 aliphatic rings. The average Bonchev–Trinajstić information content (AvgIpc) is 2.58. The van der Waals surface area contributed by atoms with Gasteiger partial charge < -0.3 is 20.8 Å². The van der Waals surface area contributed by atoms with Gasteiger partial charge in [0.2, 0.25) is 5.91 Å². The molecule has 2 rings (SSSR count). The number of aromatic nitrogens is 1. The lowest BCUT2D eigenvalue weighted by Crippen LogP contribution is -2.27. The lowest BCUT2D eigenvalue weighted by Gasteiger charge is -2.19. The van der Waals surface area contributed by atoms with E-state index >= 15 is 0 Å². The van der Waals surface area contributed by atoms with Crippen molar-refractivity contribution < 1.29 is 19.1 Å². The number of benzene rings is 1. The Bertz CT molecular complexity index is 831. The second kappa shape index (κ2) is 7.85. The fourth-order valence-electron chi connectivity index (χ4n) is 2.04. The SMILES string of the molecule is N=C(N)c1ccc(C(NC(=O)/C=C/c2cccnc2)P(=O)(O)O)cc1. The number of nitrogens with one attached hydrogen (secondary N) is 2. The number of carbonyl (C=O) groups is 1. The van der Waals surface area contributed by atoms with E-state index in [1.807, 2.05) is 0 Å². The summed E-state index contributed by atoms with van der Waals surface area (Å²) < 4.78 is 11.7. The van der Waals surface area contributed by atoms with Crippen LogP contribution in [0.3, 0.4) is 0 Å². The summed E-state index contributed by atoms with van der Waals surface area (Å²) in [6, 6.07) is 9.16. The Morgan fingerprint density at radius 2 is 1.96 bits per heavy atom. The second-order valence-electron chi connectivity index (χ2n) is 5.16. The molecule has 0 fully saturated rings. The van der Waals surface area contributed by atoms with Crippen LogP contribution in [0.2, 0.25) is 0 Å². The van der Waals surface area contributed by atoms with E-state index in [1.54, 1.807) is 24.5 Å². The van der Waals surface area contributed by atoms with Crippen molar-refractivity contribution in [2.45, 2.75) is 5.78 Å². The molecule has 0 aliphatic heterocycles. The van der Waals surface area contributed by atoms with E-state index in [0.29, 0.717) is 11.1 Å². The van der Waals surface area contributed by atoms with Gasteiger partial charge in [-0.1, -0.05) is 30.3 Å². The second-order valence-corrected chi connectivity index (χ2v) is 6.85. The van der Waals surface area contributed by atoms with E-state index in [9.17, 15) is 19.1 Å². The maximum absolute atomic E-state index is 12.0. The first kappa shape index (κ1) is 18.5. The molecule has 0 saturated carbocycles. The molecule has 0 bridgehead atoms. The van der Waals surface area contributed by atoms with E-state index in [0.717, 1.165) is 0 Å². The number of hydrogen-bond acceptors (Lipinski definition) is 4. The van der Waals surface area contributed by atoms with Crippen LogP contribution >= 0.6 is 7.60 Å². The molecule has 0 radical (unpaired) electrons. The maximum atomic E-state index is 12.0. The van der Waals surface area contributed by atoms with Crippen LogP contribution in [0.1, 0.15) is 22.5 Å². The predicted octanol–water partition coefficient (Wildman–Crippen LogP) is 1.37. The lowest BCUT2D eigenvalue weighted by molar-refractivity contribution is -0.116. The van der Waals surface area contributed by atoms with Crippen LogP contribution in [-0.2, 0) is 9.36 Å². The first-order valence-electron chi connectivity index (χ1n) is 7.15. The van der Waals surface area contributed by atoms with Gasteiger partial charge in [-0.3, -0.25) is 19.8 Å². The van der Waals surface area contributed by atoms with Crippen molar-refractivity contribution in [2.75, 3.05) is 0 Å². The molecule has 9 heteroatoms. The molecule has 25 heavy (non-hydrogen) atoms. The third kappa shape index (κ3) is 5.36. The molecular formula is C16H17N4O4P. The number of pyridine rings is 1. The highest BCUT2D eigenvalue weighted by Crippen LogP contribution is 2.49. The maximum Gasteiger partial charge on any atom is 0.352 e. The van der Waals surface area contributed by atoms with Crippen LogP contribution in [0.15, 0.2) is 54.9 Å². The van der Waals surface area contributed by atoms with Crippen molar-refractivity contribution in [3.05, 3.63) is 71.6 Å². The highest BCUT2D eigenvalue weighted by atomic mass is 31.2. The fourth-order valence-corrected chi connectivity index (χ4v) is 2.89. The average molecular weight is 360 g/mol. The molecule has 0 spiro atoms. The minimum Gasteiger partial charge on any atom is -0.384 e. The first-order chi connectivity index (χ1) is 11.8. The van der Waals surface area contributed by atoms with E-state index in [2.05, 4.69) is 10.3 Å². The van der Waals surface area contributed by atoms with Crippen molar-refractivity contribution in [1.82, 2.24) is 10.3 Å². The van der Waals surface area contributed by atoms with Gasteiger partial charge in [-0.05, 0) is 23.3 Å². The Labute approximate surface area is 144 Å². The summed E-state index contributed by atoms with van der Waals surface area (Å²) in [6.45, 7) is 0. The first-order valence-corrected chi connectivity index (χ1v) is 8.83. The monoisotopic (exact) mass is 360 g/mol. The highest BCUT2D eigenvalue weighted by Gasteiger charge is 2.31. The lowest BCUT2D eigenvalue weighted by atomic mass is 10.1. The van der Waals surface area contributed by atoms with Gasteiger partial charge in [0.1, 0.15) is 5.84 Å². The number of carbonyl (C=O) groups excluding carboxylic acids is 1. The molecule has 1 aromatic carbocycles. The van der Waals surface area contributed by atoms with Crippen LogP contribution in [0.4, 0.5) is 0 Å². The van der Waals surface area contributed by atoms with E-state index in [4.69, 9.17) is 11.1 Å². The number of hydrogen-bond donors (Lipinski definition) is 5. The molecular weight excluding hydrogens is 343 g/mol. The third-order valence-electron chi connectivity index (χ3n) is 3.26. The Morgan fingerprint density at radius 1 is 1.28 bits per heavy atom. The minimum atomic E-state index is -4.65. The summed E-state index contributed by atoms with van der Waals surface area (Å²) in [7, 11) is -4.65. The van der Waals surface area contributed by atoms with Gasteiger partial charge in [-0.2, -0.15) is 0 Å². The largest absolute Gasteiger partial charge is 0.384 e. The van der Waals surface area contributed by atoms with Crippen LogP contribution in [0, 0.1) is 5.41 Å².